The molecular formula is C34H33Cl2F3N8OSi. The fraction of sp³-hybridized carbons (Fsp3) is 0.265. The van der Waals surface area contributed by atoms with Crippen molar-refractivity contribution >= 4 is 31.5 Å². The largest absolute Gasteiger partial charge is 0.407 e. The van der Waals surface area contributed by atoms with Gasteiger partial charge < -0.3 is 4.43 Å². The van der Waals surface area contributed by atoms with Gasteiger partial charge in [-0.3, -0.25) is 9.67 Å². The van der Waals surface area contributed by atoms with Gasteiger partial charge in [0.15, 0.2) is 19.3 Å². The standard InChI is InChI=1S/C34H33Cl2F3N8OSi/c1-34(2,3)49(4,5)48-32(21-9-7-6-8-10-21)31(46-19-23(18-42-46)26-15-16-41-47(26)33(38)39)25-13-11-22(17-40-25)29-27(14-12-24(35)30(29)37)45-20-28(36)43-44-45/h6-20,31-33H,1-5H3. The fourth-order valence-corrected chi connectivity index (χ4v) is 6.83. The van der Waals surface area contributed by atoms with E-state index >= 15 is 4.39 Å². The van der Waals surface area contributed by atoms with Crippen LogP contribution in [0.5, 0.6) is 0 Å². The Kier molecular flexibility index (Phi) is 9.55. The van der Waals surface area contributed by atoms with Gasteiger partial charge in [0.2, 0.25) is 0 Å². The first-order valence-corrected chi connectivity index (χ1v) is 19.0. The predicted molar refractivity (Wildman–Crippen MR) is 185 cm³/mol. The molecule has 2 unspecified atom stereocenters. The van der Waals surface area contributed by atoms with Gasteiger partial charge in [0.25, 0.3) is 0 Å². The molecule has 0 spiro atoms. The predicted octanol–water partition coefficient (Wildman–Crippen LogP) is 9.58. The SMILES string of the molecule is CC(C)(C)[Si](C)(C)OC(c1ccccc1)C(c1ccc(-c2c(-n3cc(Cl)nn3)ccc(Cl)c2F)cn1)n1cc(-c2ccnn2C(F)F)cn1. The van der Waals surface area contributed by atoms with E-state index in [9.17, 15) is 8.78 Å². The van der Waals surface area contributed by atoms with E-state index in [1.807, 2.05) is 30.3 Å². The highest BCUT2D eigenvalue weighted by Gasteiger charge is 2.42. The van der Waals surface area contributed by atoms with E-state index in [4.69, 9.17) is 32.6 Å². The van der Waals surface area contributed by atoms with E-state index in [0.29, 0.717) is 27.2 Å². The topological polar surface area (TPSA) is 88.5 Å². The number of pyridine rings is 1. The zero-order valence-corrected chi connectivity index (χ0v) is 29.8. The van der Waals surface area contributed by atoms with Crippen molar-refractivity contribution in [3.63, 3.8) is 0 Å². The highest BCUT2D eigenvalue weighted by atomic mass is 35.5. The van der Waals surface area contributed by atoms with Crippen LogP contribution >= 0.6 is 23.2 Å². The van der Waals surface area contributed by atoms with Gasteiger partial charge in [-0.05, 0) is 48.0 Å². The molecule has 0 saturated heterocycles. The molecule has 15 heteroatoms. The normalized spacial score (nSPS) is 13.6. The molecular weight excluding hydrogens is 692 g/mol. The lowest BCUT2D eigenvalue weighted by Crippen LogP contribution is -2.43. The number of rotatable bonds is 10. The van der Waals surface area contributed by atoms with Gasteiger partial charge in [-0.15, -0.1) is 5.10 Å². The van der Waals surface area contributed by atoms with Crippen molar-refractivity contribution in [2.24, 2.45) is 0 Å². The van der Waals surface area contributed by atoms with E-state index in [2.05, 4.69) is 54.4 Å². The van der Waals surface area contributed by atoms with Crippen LogP contribution in [-0.4, -0.2) is 47.9 Å². The molecule has 0 aliphatic rings. The summed E-state index contributed by atoms with van der Waals surface area (Å²) in [5, 5.41) is 16.2. The summed E-state index contributed by atoms with van der Waals surface area (Å²) < 4.78 is 54.1. The van der Waals surface area contributed by atoms with Crippen LogP contribution in [0, 0.1) is 5.82 Å². The van der Waals surface area contributed by atoms with Gasteiger partial charge in [0, 0.05) is 35.3 Å². The second-order valence-electron chi connectivity index (χ2n) is 13.0. The summed E-state index contributed by atoms with van der Waals surface area (Å²) in [6, 6.07) is 17.1. The lowest BCUT2D eigenvalue weighted by Gasteiger charge is -2.41. The maximum absolute atomic E-state index is 15.7. The third kappa shape index (κ3) is 6.93. The molecule has 0 aliphatic carbocycles. The number of hydrogen-bond acceptors (Lipinski definition) is 6. The molecule has 0 fully saturated rings. The van der Waals surface area contributed by atoms with Gasteiger partial charge in [-0.1, -0.05) is 85.6 Å². The van der Waals surface area contributed by atoms with Crippen LogP contribution in [0.2, 0.25) is 28.3 Å². The number of aromatic nitrogens is 8. The second kappa shape index (κ2) is 13.5. The second-order valence-corrected chi connectivity index (χ2v) is 18.6. The van der Waals surface area contributed by atoms with Gasteiger partial charge in [-0.2, -0.15) is 19.0 Å². The summed E-state index contributed by atoms with van der Waals surface area (Å²) in [4.78, 5) is 4.85. The molecule has 4 aromatic heterocycles. The van der Waals surface area contributed by atoms with Crippen LogP contribution in [0.25, 0.3) is 28.1 Å². The van der Waals surface area contributed by atoms with Gasteiger partial charge in [-0.25, -0.2) is 13.8 Å². The minimum atomic E-state index is -2.83. The molecule has 6 aromatic rings. The molecule has 0 saturated carbocycles. The molecule has 0 radical (unpaired) electrons. The number of halogens is 5. The minimum Gasteiger partial charge on any atom is -0.407 e. The zero-order chi connectivity index (χ0) is 35.1. The molecule has 49 heavy (non-hydrogen) atoms. The summed E-state index contributed by atoms with van der Waals surface area (Å²) in [7, 11) is -2.44. The molecule has 0 bridgehead atoms. The molecule has 254 valence electrons. The lowest BCUT2D eigenvalue weighted by molar-refractivity contribution is 0.0585. The number of nitrogens with zero attached hydrogens (tertiary/aromatic N) is 8. The number of alkyl halides is 2. The Bertz CT molecular complexity index is 2060. The first-order valence-electron chi connectivity index (χ1n) is 15.4. The number of hydrogen-bond donors (Lipinski definition) is 0. The summed E-state index contributed by atoms with van der Waals surface area (Å²) in [6.07, 6.45) is 6.93. The summed E-state index contributed by atoms with van der Waals surface area (Å²) in [5.74, 6) is -0.660. The zero-order valence-electron chi connectivity index (χ0n) is 27.3. The lowest BCUT2D eigenvalue weighted by atomic mass is 9.98. The Morgan fingerprint density at radius 3 is 2.27 bits per heavy atom. The third-order valence-corrected chi connectivity index (χ3v) is 13.8. The minimum absolute atomic E-state index is 0.0778. The molecule has 0 amide bonds. The average molecular weight is 726 g/mol. The highest BCUT2D eigenvalue weighted by Crippen LogP contribution is 2.45. The average Bonchev–Trinajstić information content (AvgIpc) is 3.84. The van der Waals surface area contributed by atoms with E-state index in [1.165, 1.54) is 35.4 Å². The molecule has 0 aliphatic heterocycles. The van der Waals surface area contributed by atoms with Crippen LogP contribution in [-0.2, 0) is 4.43 Å². The molecule has 9 nitrogen and oxygen atoms in total. The summed E-state index contributed by atoms with van der Waals surface area (Å²) >= 11 is 12.2. The Labute approximate surface area is 292 Å². The highest BCUT2D eigenvalue weighted by molar-refractivity contribution is 6.74. The van der Waals surface area contributed by atoms with Gasteiger partial charge in [0.1, 0.15) is 6.04 Å². The molecule has 2 aromatic carbocycles. The summed E-state index contributed by atoms with van der Waals surface area (Å²) in [5.41, 5.74) is 3.02. The van der Waals surface area contributed by atoms with Crippen LogP contribution in [0.15, 0.2) is 91.6 Å². The summed E-state index contributed by atoms with van der Waals surface area (Å²) in [6.45, 7) is 7.95. The van der Waals surface area contributed by atoms with Crippen LogP contribution < -0.4 is 0 Å². The maximum Gasteiger partial charge on any atom is 0.333 e. The first-order chi connectivity index (χ1) is 23.2. The Morgan fingerprint density at radius 1 is 0.878 bits per heavy atom. The molecule has 4 heterocycles. The van der Waals surface area contributed by atoms with Crippen molar-refractivity contribution in [3.8, 4) is 28.1 Å². The van der Waals surface area contributed by atoms with Crippen molar-refractivity contribution in [2.45, 2.75) is 57.6 Å². The van der Waals surface area contributed by atoms with Gasteiger partial charge in [0.05, 0.1) is 40.6 Å². The fourth-order valence-electron chi connectivity index (χ4n) is 5.30. The Hall–Kier alpha value is -4.30. The van der Waals surface area contributed by atoms with Crippen LogP contribution in [0.3, 0.4) is 0 Å². The quantitative estimate of drug-likeness (QED) is 0.131. The van der Waals surface area contributed by atoms with Crippen LogP contribution in [0.1, 0.15) is 50.7 Å². The van der Waals surface area contributed by atoms with E-state index in [-0.39, 0.29) is 26.5 Å². The van der Waals surface area contributed by atoms with Crippen molar-refractivity contribution in [1.29, 1.82) is 0 Å². The first kappa shape index (κ1) is 34.6. The van der Waals surface area contributed by atoms with E-state index < -0.39 is 32.8 Å². The van der Waals surface area contributed by atoms with E-state index in [0.717, 1.165) is 5.56 Å². The Morgan fingerprint density at radius 2 is 1.63 bits per heavy atom. The van der Waals surface area contributed by atoms with Crippen LogP contribution in [0.4, 0.5) is 13.2 Å². The molecule has 0 N–H and O–H groups in total. The third-order valence-electron chi connectivity index (χ3n) is 8.84. The van der Waals surface area contributed by atoms with Crippen molar-refractivity contribution in [1.82, 2.24) is 39.5 Å². The maximum atomic E-state index is 15.7. The van der Waals surface area contributed by atoms with Gasteiger partial charge >= 0.3 is 6.55 Å². The smallest absolute Gasteiger partial charge is 0.333 e. The van der Waals surface area contributed by atoms with Crippen molar-refractivity contribution < 1.29 is 17.6 Å². The van der Waals surface area contributed by atoms with Crippen molar-refractivity contribution in [3.05, 3.63) is 119 Å². The monoisotopic (exact) mass is 724 g/mol. The molecule has 6 rings (SSSR count). The number of benzene rings is 2. The molecule has 2 atom stereocenters. The Balaban J connectivity index is 1.51. The van der Waals surface area contributed by atoms with E-state index in [1.54, 1.807) is 35.3 Å². The van der Waals surface area contributed by atoms with Crippen molar-refractivity contribution in [2.75, 3.05) is 0 Å².